The monoisotopic (exact) mass is 361 g/mol. The number of halogens is 1. The number of nitrogens with one attached hydrogen (secondary N) is 1. The molecule has 1 aliphatic rings. The molecule has 1 saturated heterocycles. The van der Waals surface area contributed by atoms with Crippen molar-refractivity contribution in [1.82, 2.24) is 5.32 Å². The highest BCUT2D eigenvalue weighted by molar-refractivity contribution is 7.91. The summed E-state index contributed by atoms with van der Waals surface area (Å²) in [5, 5.41) is 10.9. The number of ether oxygens (including phenoxy) is 3. The lowest BCUT2D eigenvalue weighted by Gasteiger charge is -2.16. The minimum atomic E-state index is -3.10. The third-order valence-corrected chi connectivity index (χ3v) is 5.27. The minimum absolute atomic E-state index is 0.0124. The Bertz CT molecular complexity index is 419. The number of sulfone groups is 1. The van der Waals surface area contributed by atoms with Crippen LogP contribution in [0.2, 0.25) is 0 Å². The fourth-order valence-electron chi connectivity index (χ4n) is 1.71. The number of hydrogen-bond donors (Lipinski definition) is 2. The molecule has 0 saturated carbocycles. The van der Waals surface area contributed by atoms with Gasteiger partial charge in [-0.2, -0.15) is 0 Å². The van der Waals surface area contributed by atoms with Crippen LogP contribution in [-0.2, 0) is 24.0 Å². The van der Waals surface area contributed by atoms with Crippen molar-refractivity contribution in [3.05, 3.63) is 0 Å². The number of alkyl halides is 1. The second kappa shape index (κ2) is 9.75. The van der Waals surface area contributed by atoms with Crippen molar-refractivity contribution in [1.29, 1.82) is 0 Å². The van der Waals surface area contributed by atoms with Crippen molar-refractivity contribution in [3.63, 3.8) is 0 Å². The second-order valence-electron chi connectivity index (χ2n) is 4.43. The zero-order valence-electron chi connectivity index (χ0n) is 11.5. The van der Waals surface area contributed by atoms with Crippen molar-refractivity contribution in [2.75, 3.05) is 51.1 Å². The molecule has 0 amide bonds. The highest BCUT2D eigenvalue weighted by Crippen LogP contribution is 2.17. The van der Waals surface area contributed by atoms with E-state index in [4.69, 9.17) is 43.1 Å². The maximum absolute atomic E-state index is 11.4. The van der Waals surface area contributed by atoms with Crippen LogP contribution in [0.3, 0.4) is 0 Å². The highest BCUT2D eigenvalue weighted by atomic mass is 35.5. The third-order valence-electron chi connectivity index (χ3n) is 2.65. The predicted octanol–water partition coefficient (Wildman–Crippen LogP) is -0.693. The average molecular weight is 362 g/mol. The van der Waals surface area contributed by atoms with Gasteiger partial charge in [0.05, 0.1) is 56.0 Å². The van der Waals surface area contributed by atoms with E-state index in [-0.39, 0.29) is 36.5 Å². The maximum atomic E-state index is 11.4. The Morgan fingerprint density at radius 1 is 1.19 bits per heavy atom. The highest BCUT2D eigenvalue weighted by Gasteiger charge is 2.36. The fourth-order valence-corrected chi connectivity index (χ4v) is 4.49. The van der Waals surface area contributed by atoms with Crippen molar-refractivity contribution < 1.29 is 27.7 Å². The van der Waals surface area contributed by atoms with Crippen LogP contribution in [0.5, 0.6) is 0 Å². The van der Waals surface area contributed by atoms with Crippen molar-refractivity contribution in [2.45, 2.75) is 11.4 Å². The molecule has 0 aromatic heterocycles. The third kappa shape index (κ3) is 8.12. The largest absolute Gasteiger partial charge is 0.469 e. The normalized spacial score (nSPS) is 23.9. The molecule has 2 unspecified atom stereocenters. The van der Waals surface area contributed by atoms with Gasteiger partial charge in [0.15, 0.2) is 9.84 Å². The Morgan fingerprint density at radius 3 is 2.38 bits per heavy atom. The van der Waals surface area contributed by atoms with E-state index >= 15 is 0 Å². The first-order chi connectivity index (χ1) is 9.94. The number of hydrogen-bond acceptors (Lipinski definition) is 7. The molecule has 1 aliphatic heterocycles. The zero-order valence-corrected chi connectivity index (χ0v) is 13.9. The maximum Gasteiger partial charge on any atom is 0.257 e. The van der Waals surface area contributed by atoms with Gasteiger partial charge in [0.2, 0.25) is 0 Å². The van der Waals surface area contributed by atoms with E-state index in [1.807, 2.05) is 0 Å². The van der Waals surface area contributed by atoms with Crippen LogP contribution in [0.25, 0.3) is 0 Å². The van der Waals surface area contributed by atoms with Gasteiger partial charge in [0, 0.05) is 0 Å². The molecule has 0 spiro atoms. The van der Waals surface area contributed by atoms with Crippen LogP contribution in [0, 0.1) is 0 Å². The van der Waals surface area contributed by atoms with Crippen LogP contribution in [0.15, 0.2) is 0 Å². The van der Waals surface area contributed by atoms with Gasteiger partial charge in [0.1, 0.15) is 6.61 Å². The molecule has 1 rings (SSSR count). The zero-order chi connectivity index (χ0) is 15.7. The minimum Gasteiger partial charge on any atom is -0.469 e. The van der Waals surface area contributed by atoms with E-state index in [2.05, 4.69) is 5.32 Å². The fraction of sp³-hybridized carbons (Fsp3) is 0.909. The summed E-state index contributed by atoms with van der Waals surface area (Å²) in [6, 6.07) is -0.419. The summed E-state index contributed by atoms with van der Waals surface area (Å²) < 4.78 is 38.2. The molecule has 7 nitrogen and oxygen atoms in total. The van der Waals surface area contributed by atoms with E-state index in [0.29, 0.717) is 19.8 Å². The van der Waals surface area contributed by atoms with Crippen LogP contribution in [0.4, 0.5) is 0 Å². The molecule has 21 heavy (non-hydrogen) atoms. The number of aliphatic hydroxyl groups is 1. The SMILES string of the molecule is O=S1(=O)CC(Cl)C(NC(=S)OCCOCCOCCO)C1. The lowest BCUT2D eigenvalue weighted by atomic mass is 10.3. The van der Waals surface area contributed by atoms with Crippen molar-refractivity contribution in [3.8, 4) is 0 Å². The summed E-state index contributed by atoms with van der Waals surface area (Å²) in [5.74, 6) is -0.0881. The Hall–Kier alpha value is -0.190. The standard InChI is InChI=1S/C11H20ClNO6S2/c12-9-7-21(15,16)8-10(9)13-11(20)19-6-5-18-4-3-17-2-1-14/h9-10,14H,1-8H2,(H,13,20). The molecular formula is C11H20ClNO6S2. The molecule has 2 N–H and O–H groups in total. The van der Waals surface area contributed by atoms with E-state index in [1.54, 1.807) is 0 Å². The first-order valence-corrected chi connectivity index (χ1v) is 9.15. The molecule has 2 atom stereocenters. The molecule has 0 bridgehead atoms. The van der Waals surface area contributed by atoms with Gasteiger partial charge in [-0.3, -0.25) is 0 Å². The summed E-state index contributed by atoms with van der Waals surface area (Å²) in [6.07, 6.45) is 0. The van der Waals surface area contributed by atoms with Gasteiger partial charge < -0.3 is 24.6 Å². The second-order valence-corrected chi connectivity index (χ2v) is 7.51. The summed E-state index contributed by atoms with van der Waals surface area (Å²) in [4.78, 5) is 0. The Labute approximate surface area is 134 Å². The first-order valence-electron chi connectivity index (χ1n) is 6.49. The molecule has 1 heterocycles. The molecule has 0 aromatic rings. The lowest BCUT2D eigenvalue weighted by molar-refractivity contribution is 0.0234. The van der Waals surface area contributed by atoms with Gasteiger partial charge in [-0.1, -0.05) is 0 Å². The van der Waals surface area contributed by atoms with Crippen molar-refractivity contribution in [2.24, 2.45) is 0 Å². The molecule has 0 radical (unpaired) electrons. The van der Waals surface area contributed by atoms with Crippen molar-refractivity contribution >= 4 is 38.8 Å². The number of rotatable bonds is 9. The van der Waals surface area contributed by atoms with E-state index < -0.39 is 21.3 Å². The van der Waals surface area contributed by atoms with Gasteiger partial charge >= 0.3 is 0 Å². The summed E-state index contributed by atoms with van der Waals surface area (Å²) in [7, 11) is -3.10. The molecule has 124 valence electrons. The smallest absolute Gasteiger partial charge is 0.257 e. The molecular weight excluding hydrogens is 342 g/mol. The quantitative estimate of drug-likeness (QED) is 0.316. The van der Waals surface area contributed by atoms with E-state index in [0.717, 1.165) is 0 Å². The van der Waals surface area contributed by atoms with Gasteiger partial charge in [-0.25, -0.2) is 8.42 Å². The van der Waals surface area contributed by atoms with Crippen LogP contribution in [0.1, 0.15) is 0 Å². The Morgan fingerprint density at radius 2 is 1.81 bits per heavy atom. The lowest BCUT2D eigenvalue weighted by Crippen LogP contribution is -2.41. The van der Waals surface area contributed by atoms with Crippen LogP contribution in [-0.4, -0.2) is 81.3 Å². The van der Waals surface area contributed by atoms with Gasteiger partial charge in [-0.15, -0.1) is 11.6 Å². The topological polar surface area (TPSA) is 94.1 Å². The molecule has 1 fully saturated rings. The Kier molecular flexibility index (Phi) is 8.76. The number of thiocarbonyl (C=S) groups is 1. The Balaban J connectivity index is 2.04. The predicted molar refractivity (Wildman–Crippen MR) is 82.5 cm³/mol. The summed E-state index contributed by atoms with van der Waals surface area (Å²) in [6.45, 7) is 1.65. The van der Waals surface area contributed by atoms with Crippen LogP contribution >= 0.6 is 23.8 Å². The number of aliphatic hydroxyl groups excluding tert-OH is 1. The van der Waals surface area contributed by atoms with Crippen LogP contribution < -0.4 is 5.32 Å². The first kappa shape index (κ1) is 18.9. The molecule has 10 heteroatoms. The average Bonchev–Trinajstić information content (AvgIpc) is 2.65. The van der Waals surface area contributed by atoms with E-state index in [1.165, 1.54) is 0 Å². The summed E-state index contributed by atoms with van der Waals surface area (Å²) in [5.41, 5.74) is 0. The molecule has 0 aromatic carbocycles. The molecule has 0 aliphatic carbocycles. The van der Waals surface area contributed by atoms with Gasteiger partial charge in [-0.05, 0) is 12.2 Å². The van der Waals surface area contributed by atoms with Gasteiger partial charge in [0.25, 0.3) is 5.17 Å². The summed E-state index contributed by atoms with van der Waals surface area (Å²) >= 11 is 10.9. The van der Waals surface area contributed by atoms with E-state index in [9.17, 15) is 8.42 Å².